The highest BCUT2D eigenvalue weighted by Crippen LogP contribution is 2.33. The quantitative estimate of drug-likeness (QED) is 0.408. The molecule has 0 aliphatic heterocycles. The zero-order chi connectivity index (χ0) is 18.9. The summed E-state index contributed by atoms with van der Waals surface area (Å²) in [5, 5.41) is 32.5. The predicted molar refractivity (Wildman–Crippen MR) is 105 cm³/mol. The van der Waals surface area contributed by atoms with Gasteiger partial charge < -0.3 is 20.9 Å². The van der Waals surface area contributed by atoms with Gasteiger partial charge in [-0.25, -0.2) is 4.98 Å². The summed E-state index contributed by atoms with van der Waals surface area (Å²) in [5.41, 5.74) is 1.23. The van der Waals surface area contributed by atoms with Crippen LogP contribution < -0.4 is 15.4 Å². The summed E-state index contributed by atoms with van der Waals surface area (Å²) in [6.45, 7) is 0.556. The molecule has 1 fully saturated rings. The van der Waals surface area contributed by atoms with Crippen LogP contribution in [0, 0.1) is 5.21 Å². The molecule has 0 atom stereocenters. The molecule has 142 valence electrons. The first-order chi connectivity index (χ1) is 13.1. The lowest BCUT2D eigenvalue weighted by molar-refractivity contribution is -0.605. The molecule has 0 bridgehead atoms. The Kier molecular flexibility index (Phi) is 4.88. The van der Waals surface area contributed by atoms with E-state index < -0.39 is 0 Å². The summed E-state index contributed by atoms with van der Waals surface area (Å²) in [6.07, 6.45) is 8.73. The minimum absolute atomic E-state index is 0.0799. The fourth-order valence-corrected chi connectivity index (χ4v) is 3.92. The zero-order valence-electron chi connectivity index (χ0n) is 14.7. The van der Waals surface area contributed by atoms with Gasteiger partial charge >= 0.3 is 0 Å². The van der Waals surface area contributed by atoms with Crippen molar-refractivity contribution in [3.63, 3.8) is 0 Å². The standard InChI is InChI=1S/C18H21BrN6O2/c19-14-10-21-25-16(20-9-13-4-3-7-24(27)11-13)8-15(22-17(14)25)23-18(12-26)5-1-2-6-18/h3-4,7-8,10-11,20,26H,1-2,5-6,9,12H2,(H,22,23). The number of nitrogens with zero attached hydrogens (tertiary/aromatic N) is 4. The van der Waals surface area contributed by atoms with Crippen LogP contribution in [0.2, 0.25) is 0 Å². The first kappa shape index (κ1) is 18.0. The summed E-state index contributed by atoms with van der Waals surface area (Å²) in [6, 6.07) is 5.49. The van der Waals surface area contributed by atoms with E-state index in [1.807, 2.05) is 12.1 Å². The van der Waals surface area contributed by atoms with Crippen LogP contribution in [0.1, 0.15) is 31.2 Å². The number of pyridine rings is 1. The first-order valence-electron chi connectivity index (χ1n) is 8.93. The van der Waals surface area contributed by atoms with Crippen molar-refractivity contribution in [3.8, 4) is 0 Å². The third-order valence-corrected chi connectivity index (χ3v) is 5.55. The lowest BCUT2D eigenvalue weighted by Gasteiger charge is -2.28. The Hall–Kier alpha value is -2.39. The van der Waals surface area contributed by atoms with E-state index in [2.05, 4.69) is 36.6 Å². The molecule has 3 N–H and O–H groups in total. The highest BCUT2D eigenvalue weighted by molar-refractivity contribution is 9.10. The van der Waals surface area contributed by atoms with Crippen LogP contribution in [0.3, 0.4) is 0 Å². The molecule has 1 aliphatic rings. The van der Waals surface area contributed by atoms with Crippen LogP contribution in [0.15, 0.2) is 41.3 Å². The molecule has 27 heavy (non-hydrogen) atoms. The Morgan fingerprint density at radius 1 is 1.37 bits per heavy atom. The summed E-state index contributed by atoms with van der Waals surface area (Å²) >= 11 is 3.49. The zero-order valence-corrected chi connectivity index (χ0v) is 16.3. The average Bonchev–Trinajstić information content (AvgIpc) is 3.28. The number of rotatable bonds is 6. The van der Waals surface area contributed by atoms with Crippen molar-refractivity contribution in [2.75, 3.05) is 17.2 Å². The molecular formula is C18H21BrN6O2. The average molecular weight is 433 g/mol. The molecule has 4 rings (SSSR count). The highest BCUT2D eigenvalue weighted by Gasteiger charge is 2.33. The van der Waals surface area contributed by atoms with Crippen molar-refractivity contribution in [1.82, 2.24) is 14.6 Å². The second-order valence-electron chi connectivity index (χ2n) is 6.95. The number of hydrogen-bond acceptors (Lipinski definition) is 6. The van der Waals surface area contributed by atoms with Crippen LogP contribution in [-0.4, -0.2) is 31.9 Å². The molecule has 0 unspecified atom stereocenters. The maximum absolute atomic E-state index is 11.5. The lowest BCUT2D eigenvalue weighted by Crippen LogP contribution is -2.39. The molecule has 0 spiro atoms. The van der Waals surface area contributed by atoms with E-state index in [0.29, 0.717) is 18.0 Å². The van der Waals surface area contributed by atoms with Gasteiger partial charge in [-0.15, -0.1) is 0 Å². The summed E-state index contributed by atoms with van der Waals surface area (Å²) < 4.78 is 3.28. The molecule has 0 amide bonds. The number of aromatic nitrogens is 4. The van der Waals surface area contributed by atoms with Gasteiger partial charge in [0.15, 0.2) is 18.0 Å². The van der Waals surface area contributed by atoms with Gasteiger partial charge in [0.2, 0.25) is 0 Å². The van der Waals surface area contributed by atoms with Gasteiger partial charge in [0.05, 0.1) is 22.8 Å². The van der Waals surface area contributed by atoms with Gasteiger partial charge in [0, 0.05) is 24.2 Å². The van der Waals surface area contributed by atoms with E-state index >= 15 is 0 Å². The first-order valence-corrected chi connectivity index (χ1v) is 9.73. The van der Waals surface area contributed by atoms with Crippen LogP contribution in [-0.2, 0) is 6.54 Å². The summed E-state index contributed by atoms with van der Waals surface area (Å²) in [7, 11) is 0. The van der Waals surface area contributed by atoms with Crippen molar-refractivity contribution in [1.29, 1.82) is 0 Å². The van der Waals surface area contributed by atoms with Gasteiger partial charge in [0.1, 0.15) is 11.6 Å². The molecule has 3 aromatic heterocycles. The smallest absolute Gasteiger partial charge is 0.185 e. The van der Waals surface area contributed by atoms with Gasteiger partial charge in [0.25, 0.3) is 0 Å². The number of aliphatic hydroxyl groups excluding tert-OH is 1. The summed E-state index contributed by atoms with van der Waals surface area (Å²) in [5.74, 6) is 1.44. The molecule has 8 nitrogen and oxygen atoms in total. The second-order valence-corrected chi connectivity index (χ2v) is 7.81. The third kappa shape index (κ3) is 3.70. The van der Waals surface area contributed by atoms with Crippen molar-refractivity contribution in [2.45, 2.75) is 37.8 Å². The minimum Gasteiger partial charge on any atom is -0.619 e. The fraction of sp³-hybridized carbons (Fsp3) is 0.389. The number of hydrogen-bond donors (Lipinski definition) is 3. The molecule has 0 saturated heterocycles. The van der Waals surface area contributed by atoms with E-state index in [9.17, 15) is 10.3 Å². The Morgan fingerprint density at radius 2 is 2.19 bits per heavy atom. The number of aliphatic hydroxyl groups is 1. The molecule has 0 radical (unpaired) electrons. The van der Waals surface area contributed by atoms with E-state index in [4.69, 9.17) is 0 Å². The van der Waals surface area contributed by atoms with E-state index in [-0.39, 0.29) is 12.1 Å². The monoisotopic (exact) mass is 432 g/mol. The fourth-order valence-electron chi connectivity index (χ4n) is 3.57. The van der Waals surface area contributed by atoms with Crippen LogP contribution >= 0.6 is 15.9 Å². The topological polar surface area (TPSA) is 101 Å². The number of fused-ring (bicyclic) bond motifs is 1. The Balaban J connectivity index is 1.64. The molecule has 1 saturated carbocycles. The van der Waals surface area contributed by atoms with Gasteiger partial charge in [-0.2, -0.15) is 14.3 Å². The molecule has 1 aliphatic carbocycles. The number of anilines is 2. The Morgan fingerprint density at radius 3 is 2.93 bits per heavy atom. The minimum atomic E-state index is -0.317. The van der Waals surface area contributed by atoms with Crippen LogP contribution in [0.25, 0.3) is 5.65 Å². The van der Waals surface area contributed by atoms with E-state index in [1.54, 1.807) is 16.8 Å². The number of halogens is 1. The van der Waals surface area contributed by atoms with Crippen molar-refractivity contribution in [3.05, 3.63) is 52.0 Å². The normalized spacial score (nSPS) is 15.9. The second kappa shape index (κ2) is 7.32. The molecule has 3 aromatic rings. The Labute approximate surface area is 165 Å². The maximum atomic E-state index is 11.5. The summed E-state index contributed by atoms with van der Waals surface area (Å²) in [4.78, 5) is 4.66. The predicted octanol–water partition coefficient (Wildman–Crippen LogP) is 2.45. The molecule has 3 heterocycles. The van der Waals surface area contributed by atoms with Gasteiger partial charge in [-0.1, -0.05) is 12.8 Å². The van der Waals surface area contributed by atoms with Gasteiger partial charge in [-0.3, -0.25) is 0 Å². The van der Waals surface area contributed by atoms with Crippen LogP contribution in [0.4, 0.5) is 11.6 Å². The lowest BCUT2D eigenvalue weighted by atomic mass is 9.99. The third-order valence-electron chi connectivity index (χ3n) is 5.00. The molecular weight excluding hydrogens is 412 g/mol. The van der Waals surface area contributed by atoms with Crippen molar-refractivity contribution < 1.29 is 9.84 Å². The van der Waals surface area contributed by atoms with E-state index in [0.717, 1.165) is 46.3 Å². The van der Waals surface area contributed by atoms with Gasteiger partial charge in [-0.05, 0) is 34.8 Å². The van der Waals surface area contributed by atoms with Crippen molar-refractivity contribution >= 4 is 33.2 Å². The van der Waals surface area contributed by atoms with E-state index in [1.165, 1.54) is 12.4 Å². The SMILES string of the molecule is [O-][n+]1cccc(CNc2cc(NC3(CO)CCCC3)nc3c(Br)cnn23)c1. The van der Waals surface area contributed by atoms with Crippen LogP contribution in [0.5, 0.6) is 0 Å². The van der Waals surface area contributed by atoms with Crippen molar-refractivity contribution in [2.24, 2.45) is 0 Å². The maximum Gasteiger partial charge on any atom is 0.185 e. The molecule has 9 heteroatoms. The Bertz CT molecular complexity index is 954. The highest BCUT2D eigenvalue weighted by atomic mass is 79.9. The molecule has 0 aromatic carbocycles. The largest absolute Gasteiger partial charge is 0.619 e. The number of nitrogens with one attached hydrogen (secondary N) is 2.